The summed E-state index contributed by atoms with van der Waals surface area (Å²) >= 11 is 0. The fourth-order valence-corrected chi connectivity index (χ4v) is 1.37. The second kappa shape index (κ2) is 5.51. The quantitative estimate of drug-likeness (QED) is 0.908. The van der Waals surface area contributed by atoms with Gasteiger partial charge < -0.3 is 15.2 Å². The molecule has 1 aromatic heterocycles. The molecule has 0 amide bonds. The molecule has 100 valence electrons. The van der Waals surface area contributed by atoms with Crippen LogP contribution in [0, 0.1) is 6.92 Å². The van der Waals surface area contributed by atoms with Gasteiger partial charge in [0.1, 0.15) is 5.75 Å². The van der Waals surface area contributed by atoms with Crippen LogP contribution in [0.15, 0.2) is 24.3 Å². The molecular weight excluding hydrogens is 244 g/mol. The smallest absolute Gasteiger partial charge is 0.330 e. The number of nitrogens with two attached hydrogens (primary N) is 1. The molecule has 0 aliphatic carbocycles. The Morgan fingerprint density at radius 2 is 1.63 bits per heavy atom. The Balaban J connectivity index is 2.19. The number of aryl methyl sites for hydroxylation is 1. The van der Waals surface area contributed by atoms with E-state index in [0.717, 1.165) is 5.56 Å². The molecule has 0 unspecified atom stereocenters. The predicted octanol–water partition coefficient (Wildman–Crippen LogP) is 2.34. The minimum atomic E-state index is -0.0472. The lowest BCUT2D eigenvalue weighted by Crippen LogP contribution is -2.10. The summed E-state index contributed by atoms with van der Waals surface area (Å²) in [7, 11) is 0. The molecular formula is C13H16N4O2. The van der Waals surface area contributed by atoms with Gasteiger partial charge in [-0.1, -0.05) is 17.7 Å². The predicted molar refractivity (Wildman–Crippen MR) is 71.3 cm³/mol. The minimum absolute atomic E-state index is 0.0472. The number of nitrogen functional groups attached to an aromatic ring is 1. The second-order valence-corrected chi connectivity index (χ2v) is 4.34. The highest BCUT2D eigenvalue weighted by atomic mass is 16.5. The maximum Gasteiger partial charge on any atom is 0.330 e. The highest BCUT2D eigenvalue weighted by Gasteiger charge is 2.09. The summed E-state index contributed by atoms with van der Waals surface area (Å²) in [6.07, 6.45) is -0.0472. The van der Waals surface area contributed by atoms with Gasteiger partial charge in [-0.25, -0.2) is 0 Å². The highest BCUT2D eigenvalue weighted by molar-refractivity contribution is 5.29. The average Bonchev–Trinajstić information content (AvgIpc) is 2.30. The van der Waals surface area contributed by atoms with Crippen molar-refractivity contribution in [1.29, 1.82) is 0 Å². The van der Waals surface area contributed by atoms with Gasteiger partial charge >= 0.3 is 12.0 Å². The van der Waals surface area contributed by atoms with Crippen LogP contribution >= 0.6 is 0 Å². The molecule has 1 aromatic carbocycles. The maximum absolute atomic E-state index is 5.59. The van der Waals surface area contributed by atoms with Crippen LogP contribution in [-0.2, 0) is 0 Å². The van der Waals surface area contributed by atoms with Crippen molar-refractivity contribution in [2.75, 3.05) is 5.73 Å². The van der Waals surface area contributed by atoms with Gasteiger partial charge in [0.2, 0.25) is 5.95 Å². The zero-order chi connectivity index (χ0) is 13.8. The van der Waals surface area contributed by atoms with Crippen molar-refractivity contribution >= 4 is 5.95 Å². The van der Waals surface area contributed by atoms with Gasteiger partial charge in [-0.3, -0.25) is 0 Å². The fraction of sp³-hybridized carbons (Fsp3) is 0.308. The zero-order valence-corrected chi connectivity index (χ0v) is 11.1. The van der Waals surface area contributed by atoms with Crippen molar-refractivity contribution in [2.24, 2.45) is 0 Å². The molecule has 2 N–H and O–H groups in total. The van der Waals surface area contributed by atoms with E-state index in [4.69, 9.17) is 15.2 Å². The summed E-state index contributed by atoms with van der Waals surface area (Å²) in [5, 5.41) is 0. The van der Waals surface area contributed by atoms with Crippen molar-refractivity contribution in [2.45, 2.75) is 26.9 Å². The summed E-state index contributed by atoms with van der Waals surface area (Å²) in [6, 6.07) is 7.81. The SMILES string of the molecule is Cc1ccc(Oc2nc(N)nc(OC(C)C)n2)cc1. The van der Waals surface area contributed by atoms with Gasteiger partial charge in [0.15, 0.2) is 0 Å². The Kier molecular flexibility index (Phi) is 3.79. The third-order valence-electron chi connectivity index (χ3n) is 2.18. The van der Waals surface area contributed by atoms with Crippen molar-refractivity contribution in [3.05, 3.63) is 29.8 Å². The normalized spacial score (nSPS) is 10.5. The zero-order valence-electron chi connectivity index (χ0n) is 11.1. The largest absolute Gasteiger partial charge is 0.461 e. The molecule has 6 nitrogen and oxygen atoms in total. The van der Waals surface area contributed by atoms with Crippen LogP contribution in [0.3, 0.4) is 0 Å². The van der Waals surface area contributed by atoms with E-state index in [1.165, 1.54) is 0 Å². The molecule has 0 aliphatic rings. The lowest BCUT2D eigenvalue weighted by molar-refractivity contribution is 0.219. The molecule has 19 heavy (non-hydrogen) atoms. The molecule has 0 bridgehead atoms. The van der Waals surface area contributed by atoms with E-state index in [0.29, 0.717) is 5.75 Å². The monoisotopic (exact) mass is 260 g/mol. The molecule has 2 rings (SSSR count). The molecule has 0 radical (unpaired) electrons. The summed E-state index contributed by atoms with van der Waals surface area (Å²) in [4.78, 5) is 11.8. The number of hydrogen-bond acceptors (Lipinski definition) is 6. The van der Waals surface area contributed by atoms with Gasteiger partial charge in [0, 0.05) is 0 Å². The van der Waals surface area contributed by atoms with E-state index < -0.39 is 0 Å². The van der Waals surface area contributed by atoms with Crippen LogP contribution in [0.25, 0.3) is 0 Å². The van der Waals surface area contributed by atoms with E-state index in [1.807, 2.05) is 45.0 Å². The average molecular weight is 260 g/mol. The lowest BCUT2D eigenvalue weighted by Gasteiger charge is -2.09. The first-order chi connectivity index (χ1) is 9.02. The van der Waals surface area contributed by atoms with Crippen LogP contribution in [0.2, 0.25) is 0 Å². The molecule has 0 saturated heterocycles. The van der Waals surface area contributed by atoms with Crippen molar-refractivity contribution in [3.63, 3.8) is 0 Å². The third kappa shape index (κ3) is 3.80. The Morgan fingerprint density at radius 3 is 2.26 bits per heavy atom. The molecule has 2 aromatic rings. The van der Waals surface area contributed by atoms with E-state index in [2.05, 4.69) is 15.0 Å². The lowest BCUT2D eigenvalue weighted by atomic mass is 10.2. The van der Waals surface area contributed by atoms with Crippen LogP contribution in [0.1, 0.15) is 19.4 Å². The number of aromatic nitrogens is 3. The first-order valence-electron chi connectivity index (χ1n) is 5.95. The first-order valence-corrected chi connectivity index (χ1v) is 5.95. The fourth-order valence-electron chi connectivity index (χ4n) is 1.37. The number of hydrogen-bond donors (Lipinski definition) is 1. The molecule has 0 fully saturated rings. The molecule has 0 spiro atoms. The standard InChI is InChI=1S/C13H16N4O2/c1-8(2)18-12-15-11(14)16-13(17-12)19-10-6-4-9(3)5-7-10/h4-8H,1-3H3,(H2,14,15,16,17). The van der Waals surface area contributed by atoms with Gasteiger partial charge in [-0.15, -0.1) is 4.98 Å². The Labute approximate surface area is 111 Å². The minimum Gasteiger partial charge on any atom is -0.461 e. The second-order valence-electron chi connectivity index (χ2n) is 4.34. The number of rotatable bonds is 4. The van der Waals surface area contributed by atoms with E-state index in [9.17, 15) is 0 Å². The summed E-state index contributed by atoms with van der Waals surface area (Å²) in [6.45, 7) is 5.75. The van der Waals surface area contributed by atoms with Gasteiger partial charge in [-0.05, 0) is 32.9 Å². The van der Waals surface area contributed by atoms with Crippen LogP contribution in [0.5, 0.6) is 17.8 Å². The van der Waals surface area contributed by atoms with E-state index >= 15 is 0 Å². The van der Waals surface area contributed by atoms with Crippen LogP contribution in [-0.4, -0.2) is 21.1 Å². The van der Waals surface area contributed by atoms with Crippen LogP contribution < -0.4 is 15.2 Å². The molecule has 0 saturated carbocycles. The van der Waals surface area contributed by atoms with Crippen molar-refractivity contribution < 1.29 is 9.47 Å². The van der Waals surface area contributed by atoms with Gasteiger partial charge in [-0.2, -0.15) is 9.97 Å². The van der Waals surface area contributed by atoms with Gasteiger partial charge in [0.05, 0.1) is 6.10 Å². The van der Waals surface area contributed by atoms with Gasteiger partial charge in [0.25, 0.3) is 0 Å². The Hall–Kier alpha value is -2.37. The Bertz CT molecular complexity index is 555. The van der Waals surface area contributed by atoms with Crippen molar-refractivity contribution in [3.8, 4) is 17.8 Å². The van der Waals surface area contributed by atoms with E-state index in [1.54, 1.807) is 0 Å². The summed E-state index contributed by atoms with van der Waals surface area (Å²) in [5.74, 6) is 0.694. The third-order valence-corrected chi connectivity index (χ3v) is 2.18. The number of ether oxygens (including phenoxy) is 2. The molecule has 1 heterocycles. The topological polar surface area (TPSA) is 83.2 Å². The van der Waals surface area contributed by atoms with E-state index in [-0.39, 0.29) is 24.1 Å². The molecule has 6 heteroatoms. The Morgan fingerprint density at radius 1 is 1.00 bits per heavy atom. The number of anilines is 1. The molecule has 0 atom stereocenters. The summed E-state index contributed by atoms with van der Waals surface area (Å²) < 4.78 is 10.9. The van der Waals surface area contributed by atoms with Crippen LogP contribution in [0.4, 0.5) is 5.95 Å². The first kappa shape index (κ1) is 13.1. The van der Waals surface area contributed by atoms with Crippen molar-refractivity contribution in [1.82, 2.24) is 15.0 Å². The summed E-state index contributed by atoms with van der Waals surface area (Å²) in [5.41, 5.74) is 6.74. The maximum atomic E-state index is 5.59. The number of nitrogens with zero attached hydrogens (tertiary/aromatic N) is 3. The number of benzene rings is 1. The highest BCUT2D eigenvalue weighted by Crippen LogP contribution is 2.20. The molecule has 0 aliphatic heterocycles.